The van der Waals surface area contributed by atoms with E-state index in [2.05, 4.69) is 21.9 Å². The van der Waals surface area contributed by atoms with Crippen LogP contribution in [0.25, 0.3) is 0 Å². The van der Waals surface area contributed by atoms with E-state index < -0.39 is 0 Å². The van der Waals surface area contributed by atoms with E-state index >= 15 is 0 Å². The van der Waals surface area contributed by atoms with Crippen LogP contribution in [-0.4, -0.2) is 44.0 Å². The van der Waals surface area contributed by atoms with Gasteiger partial charge in [-0.1, -0.05) is 12.6 Å². The predicted octanol–water partition coefficient (Wildman–Crippen LogP) is 2.24. The highest BCUT2D eigenvalue weighted by Gasteiger charge is 2.09. The standard InChI is InChI=1S/C17H25N3O3/c1-6-20(4)12(2)11-18-16-9-14(10-17(22)23-5)7-8-15(16)19-13(3)21/h7-9,18H,2,6,10-11H2,1,3-5H3,(H,19,21). The van der Waals surface area contributed by atoms with Gasteiger partial charge in [0.2, 0.25) is 5.91 Å². The van der Waals surface area contributed by atoms with Gasteiger partial charge in [-0.15, -0.1) is 0 Å². The summed E-state index contributed by atoms with van der Waals surface area (Å²) in [7, 11) is 3.32. The number of nitrogens with one attached hydrogen (secondary N) is 2. The largest absolute Gasteiger partial charge is 0.469 e. The van der Waals surface area contributed by atoms with Crippen LogP contribution in [0.1, 0.15) is 19.4 Å². The zero-order valence-corrected chi connectivity index (χ0v) is 14.2. The molecule has 6 nitrogen and oxygen atoms in total. The van der Waals surface area contributed by atoms with E-state index in [1.165, 1.54) is 14.0 Å². The summed E-state index contributed by atoms with van der Waals surface area (Å²) < 4.78 is 4.68. The van der Waals surface area contributed by atoms with Crippen molar-refractivity contribution in [3.8, 4) is 0 Å². The minimum Gasteiger partial charge on any atom is -0.469 e. The first-order valence-corrected chi connectivity index (χ1v) is 7.47. The van der Waals surface area contributed by atoms with Gasteiger partial charge in [0.25, 0.3) is 0 Å². The van der Waals surface area contributed by atoms with E-state index in [9.17, 15) is 9.59 Å². The lowest BCUT2D eigenvalue weighted by atomic mass is 10.1. The van der Waals surface area contributed by atoms with Gasteiger partial charge in [0, 0.05) is 26.2 Å². The first kappa shape index (κ1) is 18.5. The smallest absolute Gasteiger partial charge is 0.309 e. The number of rotatable bonds is 8. The summed E-state index contributed by atoms with van der Waals surface area (Å²) in [6, 6.07) is 5.40. The lowest BCUT2D eigenvalue weighted by Gasteiger charge is -2.21. The maximum atomic E-state index is 11.4. The van der Waals surface area contributed by atoms with Crippen LogP contribution in [0.15, 0.2) is 30.5 Å². The van der Waals surface area contributed by atoms with Crippen molar-refractivity contribution in [1.29, 1.82) is 0 Å². The number of hydrogen-bond acceptors (Lipinski definition) is 5. The highest BCUT2D eigenvalue weighted by molar-refractivity contribution is 5.93. The second-order valence-corrected chi connectivity index (χ2v) is 5.25. The maximum Gasteiger partial charge on any atom is 0.309 e. The molecule has 0 saturated heterocycles. The number of benzene rings is 1. The van der Waals surface area contributed by atoms with E-state index in [1.54, 1.807) is 12.1 Å². The third-order valence-electron chi connectivity index (χ3n) is 3.47. The number of carbonyl (C=O) groups is 2. The second kappa shape index (κ2) is 8.82. The Hall–Kier alpha value is -2.50. The van der Waals surface area contributed by atoms with Crippen molar-refractivity contribution < 1.29 is 14.3 Å². The SMILES string of the molecule is C=C(CNc1cc(CC(=O)OC)ccc1NC(C)=O)N(C)CC. The van der Waals surface area contributed by atoms with Gasteiger partial charge >= 0.3 is 5.97 Å². The third kappa shape index (κ3) is 6.02. The molecule has 0 heterocycles. The Labute approximate surface area is 137 Å². The summed E-state index contributed by atoms with van der Waals surface area (Å²) in [6.07, 6.45) is 0.182. The predicted molar refractivity (Wildman–Crippen MR) is 92.4 cm³/mol. The van der Waals surface area contributed by atoms with Gasteiger partial charge in [0.1, 0.15) is 0 Å². The second-order valence-electron chi connectivity index (χ2n) is 5.25. The Balaban J connectivity index is 2.93. The van der Waals surface area contributed by atoms with Crippen LogP contribution >= 0.6 is 0 Å². The van der Waals surface area contributed by atoms with Crippen molar-refractivity contribution in [1.82, 2.24) is 4.90 Å². The Morgan fingerprint density at radius 2 is 2.00 bits per heavy atom. The topological polar surface area (TPSA) is 70.7 Å². The molecule has 1 amide bonds. The van der Waals surface area contributed by atoms with Crippen LogP contribution in [0.2, 0.25) is 0 Å². The molecule has 1 rings (SSSR count). The van der Waals surface area contributed by atoms with Crippen molar-refractivity contribution >= 4 is 23.3 Å². The first-order valence-electron chi connectivity index (χ1n) is 7.47. The summed E-state index contributed by atoms with van der Waals surface area (Å²) in [4.78, 5) is 24.8. The van der Waals surface area contributed by atoms with E-state index in [1.807, 2.05) is 24.9 Å². The fourth-order valence-electron chi connectivity index (χ4n) is 1.94. The molecular formula is C17H25N3O3. The summed E-state index contributed by atoms with van der Waals surface area (Å²) >= 11 is 0. The van der Waals surface area contributed by atoms with E-state index in [0.717, 1.165) is 23.5 Å². The number of esters is 1. The molecule has 0 aliphatic rings. The summed E-state index contributed by atoms with van der Waals surface area (Å²) in [5, 5.41) is 6.03. The van der Waals surface area contributed by atoms with Crippen molar-refractivity contribution in [3.05, 3.63) is 36.0 Å². The number of likely N-dealkylation sites (N-methyl/N-ethyl adjacent to an activating group) is 1. The molecule has 0 radical (unpaired) electrons. The van der Waals surface area contributed by atoms with Gasteiger partial charge in [0.05, 0.1) is 31.5 Å². The number of anilines is 2. The van der Waals surface area contributed by atoms with Gasteiger partial charge in [-0.05, 0) is 24.6 Å². The van der Waals surface area contributed by atoms with Gasteiger partial charge in [-0.3, -0.25) is 9.59 Å². The quantitative estimate of drug-likeness (QED) is 0.719. The van der Waals surface area contributed by atoms with E-state index in [0.29, 0.717) is 12.2 Å². The van der Waals surface area contributed by atoms with Crippen LogP contribution in [0, 0.1) is 0 Å². The molecule has 0 atom stereocenters. The molecule has 0 aromatic heterocycles. The Kier molecular flexibility index (Phi) is 7.12. The molecule has 0 saturated carbocycles. The zero-order valence-electron chi connectivity index (χ0n) is 14.2. The Morgan fingerprint density at radius 3 is 2.57 bits per heavy atom. The Morgan fingerprint density at radius 1 is 1.30 bits per heavy atom. The molecule has 0 aliphatic heterocycles. The minimum atomic E-state index is -0.307. The third-order valence-corrected chi connectivity index (χ3v) is 3.47. The number of methoxy groups -OCH3 is 1. The van der Waals surface area contributed by atoms with Gasteiger partial charge < -0.3 is 20.3 Å². The zero-order chi connectivity index (χ0) is 17.4. The summed E-state index contributed by atoms with van der Waals surface area (Å²) in [6.45, 7) is 8.92. The average Bonchev–Trinajstić information content (AvgIpc) is 2.52. The van der Waals surface area contributed by atoms with Crippen molar-refractivity contribution in [2.45, 2.75) is 20.3 Å². The molecule has 0 unspecified atom stereocenters. The van der Waals surface area contributed by atoms with Crippen LogP contribution < -0.4 is 10.6 Å². The van der Waals surface area contributed by atoms with Crippen molar-refractivity contribution in [3.63, 3.8) is 0 Å². The van der Waals surface area contributed by atoms with Crippen LogP contribution in [0.3, 0.4) is 0 Å². The van der Waals surface area contributed by atoms with Crippen molar-refractivity contribution in [2.24, 2.45) is 0 Å². The molecule has 0 aliphatic carbocycles. The molecule has 23 heavy (non-hydrogen) atoms. The monoisotopic (exact) mass is 319 g/mol. The molecule has 6 heteroatoms. The van der Waals surface area contributed by atoms with E-state index in [-0.39, 0.29) is 18.3 Å². The number of hydrogen-bond donors (Lipinski definition) is 2. The number of amides is 1. The average molecular weight is 319 g/mol. The molecular weight excluding hydrogens is 294 g/mol. The number of carbonyl (C=O) groups excluding carboxylic acids is 2. The highest BCUT2D eigenvalue weighted by Crippen LogP contribution is 2.24. The lowest BCUT2D eigenvalue weighted by Crippen LogP contribution is -2.22. The molecule has 1 aromatic carbocycles. The molecule has 1 aromatic rings. The number of nitrogens with zero attached hydrogens (tertiary/aromatic N) is 1. The fourth-order valence-corrected chi connectivity index (χ4v) is 1.94. The highest BCUT2D eigenvalue weighted by atomic mass is 16.5. The van der Waals surface area contributed by atoms with Crippen LogP contribution in [-0.2, 0) is 20.7 Å². The fraction of sp³-hybridized carbons (Fsp3) is 0.412. The van der Waals surface area contributed by atoms with Gasteiger partial charge in [-0.2, -0.15) is 0 Å². The van der Waals surface area contributed by atoms with E-state index in [4.69, 9.17) is 0 Å². The number of ether oxygens (including phenoxy) is 1. The van der Waals surface area contributed by atoms with Crippen LogP contribution in [0.5, 0.6) is 0 Å². The molecule has 0 bridgehead atoms. The molecule has 126 valence electrons. The lowest BCUT2D eigenvalue weighted by molar-refractivity contribution is -0.139. The maximum absolute atomic E-state index is 11.4. The van der Waals surface area contributed by atoms with Crippen molar-refractivity contribution in [2.75, 3.05) is 37.9 Å². The summed E-state index contributed by atoms with van der Waals surface area (Å²) in [5.41, 5.74) is 3.15. The Bertz CT molecular complexity index is 584. The molecule has 2 N–H and O–H groups in total. The molecule has 0 fully saturated rings. The first-order chi connectivity index (χ1) is 10.9. The summed E-state index contributed by atoms with van der Waals surface area (Å²) in [5.74, 6) is -0.461. The normalized spacial score (nSPS) is 9.91. The van der Waals surface area contributed by atoms with Gasteiger partial charge in [-0.25, -0.2) is 0 Å². The van der Waals surface area contributed by atoms with Crippen LogP contribution in [0.4, 0.5) is 11.4 Å². The minimum absolute atomic E-state index is 0.154. The van der Waals surface area contributed by atoms with Gasteiger partial charge in [0.15, 0.2) is 0 Å². The molecule has 0 spiro atoms.